The smallest absolute Gasteiger partial charge is 0.254 e. The van der Waals surface area contributed by atoms with Crippen LogP contribution in [-0.2, 0) is 9.59 Å². The topological polar surface area (TPSA) is 40.6 Å². The molecule has 0 bridgehead atoms. The van der Waals surface area contributed by atoms with Crippen LogP contribution in [0.1, 0.15) is 18.4 Å². The Hall–Kier alpha value is -1.81. The van der Waals surface area contributed by atoms with Crippen LogP contribution in [0.5, 0.6) is 0 Å². The lowest BCUT2D eigenvalue weighted by molar-refractivity contribution is -0.143. The molecule has 110 valence electrons. The number of piperazine rings is 1. The molecule has 0 atom stereocenters. The van der Waals surface area contributed by atoms with Crippen LogP contribution in [0.15, 0.2) is 30.8 Å². The number of halogens is 1. The van der Waals surface area contributed by atoms with Crippen LogP contribution in [0, 0.1) is 0 Å². The van der Waals surface area contributed by atoms with Gasteiger partial charge in [0.05, 0.1) is 0 Å². The van der Waals surface area contributed by atoms with E-state index in [1.807, 2.05) is 4.90 Å². The summed E-state index contributed by atoms with van der Waals surface area (Å²) in [5.74, 6) is -0.137. The number of amides is 2. The highest BCUT2D eigenvalue weighted by molar-refractivity contribution is 6.30. The van der Waals surface area contributed by atoms with E-state index in [1.54, 1.807) is 29.2 Å². The summed E-state index contributed by atoms with van der Waals surface area (Å²) in [4.78, 5) is 28.0. The van der Waals surface area contributed by atoms with E-state index in [0.717, 1.165) is 18.4 Å². The lowest BCUT2D eigenvalue weighted by Gasteiger charge is -2.34. The fourth-order valence-corrected chi connectivity index (χ4v) is 2.72. The molecule has 1 aliphatic carbocycles. The number of carbonyl (C=O) groups excluding carboxylic acids is 2. The average Bonchev–Trinajstić information content (AvgIpc) is 3.31. The van der Waals surface area contributed by atoms with Crippen molar-refractivity contribution in [3.05, 3.63) is 41.4 Å². The van der Waals surface area contributed by atoms with Gasteiger partial charge in [0.2, 0.25) is 5.91 Å². The van der Waals surface area contributed by atoms with Crippen LogP contribution in [-0.4, -0.2) is 47.3 Å². The first-order valence-corrected chi connectivity index (χ1v) is 7.47. The summed E-state index contributed by atoms with van der Waals surface area (Å²) in [6, 6.07) is 7.40. The van der Waals surface area contributed by atoms with E-state index in [-0.39, 0.29) is 18.4 Å². The van der Waals surface area contributed by atoms with Gasteiger partial charge in [-0.1, -0.05) is 30.3 Å². The molecule has 2 fully saturated rings. The molecule has 0 aromatic heterocycles. The first-order valence-electron chi connectivity index (χ1n) is 7.10. The maximum absolute atomic E-state index is 12.4. The highest BCUT2D eigenvalue weighted by Crippen LogP contribution is 2.28. The Morgan fingerprint density at radius 2 is 1.86 bits per heavy atom. The highest BCUT2D eigenvalue weighted by Gasteiger charge is 2.37. The number of rotatable bonds is 3. The van der Waals surface area contributed by atoms with E-state index in [9.17, 15) is 9.59 Å². The number of benzene rings is 1. The Balaban J connectivity index is 1.66. The van der Waals surface area contributed by atoms with Crippen molar-refractivity contribution in [1.82, 2.24) is 9.80 Å². The molecule has 4 nitrogen and oxygen atoms in total. The standard InChI is InChI=1S/C16H17ClN2O2/c1-11(12-2-4-13(17)5-3-12)16(21)18-8-9-19(14-6-7-14)15(20)10-18/h2-5,14H,1,6-10H2. The minimum atomic E-state index is -0.180. The predicted molar refractivity (Wildman–Crippen MR) is 81.8 cm³/mol. The zero-order valence-corrected chi connectivity index (χ0v) is 12.5. The van der Waals surface area contributed by atoms with Gasteiger partial charge in [-0.15, -0.1) is 0 Å². The van der Waals surface area contributed by atoms with E-state index >= 15 is 0 Å². The zero-order chi connectivity index (χ0) is 15.0. The third-order valence-electron chi connectivity index (χ3n) is 3.98. The van der Waals surface area contributed by atoms with Gasteiger partial charge in [-0.05, 0) is 30.5 Å². The van der Waals surface area contributed by atoms with Gasteiger partial charge in [-0.3, -0.25) is 9.59 Å². The summed E-state index contributed by atoms with van der Waals surface area (Å²) in [6.45, 7) is 5.22. The Morgan fingerprint density at radius 3 is 2.43 bits per heavy atom. The van der Waals surface area contributed by atoms with E-state index < -0.39 is 0 Å². The summed E-state index contributed by atoms with van der Waals surface area (Å²) in [7, 11) is 0. The van der Waals surface area contributed by atoms with Gasteiger partial charge in [0.25, 0.3) is 5.91 Å². The van der Waals surface area contributed by atoms with Crippen molar-refractivity contribution >= 4 is 29.0 Å². The van der Waals surface area contributed by atoms with Crippen LogP contribution in [0.4, 0.5) is 0 Å². The maximum Gasteiger partial charge on any atom is 0.254 e. The lowest BCUT2D eigenvalue weighted by atomic mass is 10.1. The quantitative estimate of drug-likeness (QED) is 0.803. The third kappa shape index (κ3) is 2.95. The summed E-state index contributed by atoms with van der Waals surface area (Å²) < 4.78 is 0. The Morgan fingerprint density at radius 1 is 1.19 bits per heavy atom. The van der Waals surface area contributed by atoms with Gasteiger partial charge in [0, 0.05) is 29.7 Å². The van der Waals surface area contributed by atoms with Crippen molar-refractivity contribution in [3.8, 4) is 0 Å². The lowest BCUT2D eigenvalue weighted by Crippen LogP contribution is -2.53. The van der Waals surface area contributed by atoms with Crippen molar-refractivity contribution < 1.29 is 9.59 Å². The first kappa shape index (κ1) is 14.1. The second-order valence-corrected chi connectivity index (χ2v) is 5.97. The number of hydrogen-bond acceptors (Lipinski definition) is 2. The molecule has 2 aliphatic rings. The Labute approximate surface area is 129 Å². The van der Waals surface area contributed by atoms with E-state index in [4.69, 9.17) is 11.6 Å². The molecular formula is C16H17ClN2O2. The van der Waals surface area contributed by atoms with E-state index in [2.05, 4.69) is 6.58 Å². The minimum absolute atomic E-state index is 0.0426. The molecule has 2 amide bonds. The molecule has 21 heavy (non-hydrogen) atoms. The molecule has 0 unspecified atom stereocenters. The van der Waals surface area contributed by atoms with Gasteiger partial charge in [-0.2, -0.15) is 0 Å². The van der Waals surface area contributed by atoms with Gasteiger partial charge in [0.1, 0.15) is 6.54 Å². The highest BCUT2D eigenvalue weighted by atomic mass is 35.5. The minimum Gasteiger partial charge on any atom is -0.336 e. The molecular weight excluding hydrogens is 288 g/mol. The van der Waals surface area contributed by atoms with Crippen LogP contribution >= 0.6 is 11.6 Å². The van der Waals surface area contributed by atoms with Gasteiger partial charge in [0.15, 0.2) is 0 Å². The average molecular weight is 305 g/mol. The molecule has 1 aliphatic heterocycles. The van der Waals surface area contributed by atoms with Gasteiger partial charge in [-0.25, -0.2) is 0 Å². The van der Waals surface area contributed by atoms with Crippen LogP contribution < -0.4 is 0 Å². The predicted octanol–water partition coefficient (Wildman–Crippen LogP) is 2.19. The summed E-state index contributed by atoms with van der Waals surface area (Å²) >= 11 is 5.84. The molecule has 0 radical (unpaired) electrons. The largest absolute Gasteiger partial charge is 0.336 e. The second kappa shape index (κ2) is 5.53. The molecule has 1 aromatic carbocycles. The molecule has 0 spiro atoms. The number of carbonyl (C=O) groups is 2. The molecule has 1 saturated heterocycles. The van der Waals surface area contributed by atoms with Crippen molar-refractivity contribution in [1.29, 1.82) is 0 Å². The fourth-order valence-electron chi connectivity index (χ4n) is 2.60. The van der Waals surface area contributed by atoms with Crippen molar-refractivity contribution in [2.75, 3.05) is 19.6 Å². The SMILES string of the molecule is C=C(C(=O)N1CCN(C2CC2)C(=O)C1)c1ccc(Cl)cc1. The Kier molecular flexibility index (Phi) is 3.72. The number of hydrogen-bond donors (Lipinski definition) is 0. The summed E-state index contributed by atoms with van der Waals surface area (Å²) in [6.07, 6.45) is 2.19. The van der Waals surface area contributed by atoms with Crippen LogP contribution in [0.2, 0.25) is 5.02 Å². The third-order valence-corrected chi connectivity index (χ3v) is 4.23. The van der Waals surface area contributed by atoms with Gasteiger partial charge < -0.3 is 9.80 Å². The molecule has 3 rings (SSSR count). The van der Waals surface area contributed by atoms with Crippen LogP contribution in [0.25, 0.3) is 5.57 Å². The summed E-state index contributed by atoms with van der Waals surface area (Å²) in [5.41, 5.74) is 1.14. The Bertz CT molecular complexity index is 593. The first-order chi connectivity index (χ1) is 10.1. The second-order valence-electron chi connectivity index (χ2n) is 5.53. The monoisotopic (exact) mass is 304 g/mol. The van der Waals surface area contributed by atoms with Crippen molar-refractivity contribution in [2.24, 2.45) is 0 Å². The normalized spacial score (nSPS) is 18.8. The molecule has 1 aromatic rings. The van der Waals surface area contributed by atoms with Crippen molar-refractivity contribution in [3.63, 3.8) is 0 Å². The molecule has 0 N–H and O–H groups in total. The molecule has 5 heteroatoms. The van der Waals surface area contributed by atoms with Crippen molar-refractivity contribution in [2.45, 2.75) is 18.9 Å². The van der Waals surface area contributed by atoms with Gasteiger partial charge >= 0.3 is 0 Å². The molecule has 1 heterocycles. The van der Waals surface area contributed by atoms with E-state index in [1.165, 1.54) is 0 Å². The summed E-state index contributed by atoms with van der Waals surface area (Å²) in [5, 5.41) is 0.618. The number of nitrogens with zero attached hydrogens (tertiary/aromatic N) is 2. The van der Waals surface area contributed by atoms with E-state index in [0.29, 0.717) is 29.7 Å². The zero-order valence-electron chi connectivity index (χ0n) is 11.7. The maximum atomic E-state index is 12.4. The van der Waals surface area contributed by atoms with Crippen LogP contribution in [0.3, 0.4) is 0 Å². The fraction of sp³-hybridized carbons (Fsp3) is 0.375. The molecule has 1 saturated carbocycles.